The molecule has 134 valence electrons. The van der Waals surface area contributed by atoms with E-state index in [-0.39, 0.29) is 30.2 Å². The van der Waals surface area contributed by atoms with Crippen LogP contribution in [0.2, 0.25) is 0 Å². The molecule has 1 heterocycles. The van der Waals surface area contributed by atoms with Gasteiger partial charge in [0.2, 0.25) is 17.7 Å². The predicted octanol–water partition coefficient (Wildman–Crippen LogP) is 1.19. The number of piperidine rings is 1. The molecular weight excluding hydrogens is 318 g/mol. The number of hydrogen-bond donors (Lipinski definition) is 2. The maximum absolute atomic E-state index is 12.3. The highest BCUT2D eigenvalue weighted by Gasteiger charge is 2.27. The fourth-order valence-electron chi connectivity index (χ4n) is 2.81. The Bertz CT molecular complexity index is 628. The number of amides is 3. The molecule has 2 rings (SSSR count). The second-order valence-corrected chi connectivity index (χ2v) is 6.04. The van der Waals surface area contributed by atoms with Crippen molar-refractivity contribution in [3.8, 4) is 0 Å². The van der Waals surface area contributed by atoms with Gasteiger partial charge in [-0.2, -0.15) is 0 Å². The van der Waals surface area contributed by atoms with Crippen LogP contribution >= 0.6 is 0 Å². The molecule has 6 nitrogen and oxygen atoms in total. The van der Waals surface area contributed by atoms with Crippen LogP contribution in [-0.4, -0.2) is 48.8 Å². The number of benzene rings is 1. The van der Waals surface area contributed by atoms with Crippen LogP contribution in [0, 0.1) is 5.92 Å². The Labute approximate surface area is 148 Å². The van der Waals surface area contributed by atoms with Gasteiger partial charge in [-0.3, -0.25) is 14.4 Å². The van der Waals surface area contributed by atoms with E-state index in [0.717, 1.165) is 18.4 Å². The van der Waals surface area contributed by atoms with Crippen molar-refractivity contribution in [2.24, 2.45) is 5.92 Å². The minimum atomic E-state index is -0.311. The average molecular weight is 343 g/mol. The molecule has 6 heteroatoms. The van der Waals surface area contributed by atoms with E-state index in [2.05, 4.69) is 10.6 Å². The lowest BCUT2D eigenvalue weighted by Crippen LogP contribution is -2.48. The molecule has 0 aromatic heterocycles. The van der Waals surface area contributed by atoms with Gasteiger partial charge in [0.1, 0.15) is 0 Å². The Hall–Kier alpha value is -2.63. The van der Waals surface area contributed by atoms with Crippen LogP contribution in [0.1, 0.15) is 25.3 Å². The first-order valence-electron chi connectivity index (χ1n) is 8.66. The first-order chi connectivity index (χ1) is 12.1. The minimum absolute atomic E-state index is 0.00479. The highest BCUT2D eigenvalue weighted by molar-refractivity contribution is 5.94. The van der Waals surface area contributed by atoms with Crippen LogP contribution in [0.5, 0.6) is 0 Å². The fourth-order valence-corrected chi connectivity index (χ4v) is 2.81. The summed E-state index contributed by atoms with van der Waals surface area (Å²) in [6.07, 6.45) is 4.71. The van der Waals surface area contributed by atoms with E-state index in [4.69, 9.17) is 0 Å². The molecule has 1 aliphatic rings. The Balaban J connectivity index is 1.78. The van der Waals surface area contributed by atoms with Crippen molar-refractivity contribution < 1.29 is 14.4 Å². The molecule has 0 aliphatic carbocycles. The maximum atomic E-state index is 12.3. The summed E-state index contributed by atoms with van der Waals surface area (Å²) >= 11 is 0. The van der Waals surface area contributed by atoms with Gasteiger partial charge in [-0.15, -0.1) is 0 Å². The van der Waals surface area contributed by atoms with Crippen molar-refractivity contribution in [2.75, 3.05) is 26.2 Å². The second-order valence-electron chi connectivity index (χ2n) is 6.04. The number of rotatable bonds is 6. The lowest BCUT2D eigenvalue weighted by atomic mass is 9.97. The number of hydrogen-bond acceptors (Lipinski definition) is 3. The third-order valence-electron chi connectivity index (χ3n) is 4.14. The van der Waals surface area contributed by atoms with Crippen LogP contribution in [-0.2, 0) is 14.4 Å². The molecule has 0 saturated carbocycles. The van der Waals surface area contributed by atoms with Gasteiger partial charge in [0.15, 0.2) is 0 Å². The first kappa shape index (κ1) is 18.7. The fraction of sp³-hybridized carbons (Fsp3) is 0.421. The molecule has 0 radical (unpaired) electrons. The van der Waals surface area contributed by atoms with Crippen molar-refractivity contribution in [2.45, 2.75) is 19.8 Å². The van der Waals surface area contributed by atoms with Crippen LogP contribution in [0.4, 0.5) is 0 Å². The van der Waals surface area contributed by atoms with E-state index >= 15 is 0 Å². The quantitative estimate of drug-likeness (QED) is 0.762. The Morgan fingerprint density at radius 1 is 1.20 bits per heavy atom. The molecular formula is C19H25N3O3. The van der Waals surface area contributed by atoms with Gasteiger partial charge >= 0.3 is 0 Å². The standard InChI is InChI=1S/C19H25N3O3/c1-2-20-19(25)16-9-6-12-22(14-16)18(24)13-21-17(23)11-10-15-7-4-3-5-8-15/h3-5,7-8,10-11,16H,2,6,9,12-14H2,1H3,(H,20,25)(H,21,23)/b11-10+. The summed E-state index contributed by atoms with van der Waals surface area (Å²) in [4.78, 5) is 37.7. The lowest BCUT2D eigenvalue weighted by Gasteiger charge is -2.32. The molecule has 3 amide bonds. The molecule has 0 spiro atoms. The zero-order chi connectivity index (χ0) is 18.1. The molecule has 25 heavy (non-hydrogen) atoms. The number of carbonyl (C=O) groups excluding carboxylic acids is 3. The lowest BCUT2D eigenvalue weighted by molar-refractivity contribution is -0.136. The molecule has 1 atom stereocenters. The number of nitrogens with one attached hydrogen (secondary N) is 2. The van der Waals surface area contributed by atoms with Gasteiger partial charge in [0.05, 0.1) is 12.5 Å². The summed E-state index contributed by atoms with van der Waals surface area (Å²) in [7, 11) is 0. The Morgan fingerprint density at radius 3 is 2.68 bits per heavy atom. The largest absolute Gasteiger partial charge is 0.356 e. The van der Waals surface area contributed by atoms with Crippen molar-refractivity contribution in [3.63, 3.8) is 0 Å². The highest BCUT2D eigenvalue weighted by Crippen LogP contribution is 2.16. The Morgan fingerprint density at radius 2 is 1.96 bits per heavy atom. The average Bonchev–Trinajstić information content (AvgIpc) is 2.65. The monoisotopic (exact) mass is 343 g/mol. The van der Waals surface area contributed by atoms with E-state index in [9.17, 15) is 14.4 Å². The topological polar surface area (TPSA) is 78.5 Å². The molecule has 1 aliphatic heterocycles. The molecule has 1 aromatic carbocycles. The van der Waals surface area contributed by atoms with Crippen molar-refractivity contribution >= 4 is 23.8 Å². The van der Waals surface area contributed by atoms with Crippen LogP contribution in [0.3, 0.4) is 0 Å². The summed E-state index contributed by atoms with van der Waals surface area (Å²) < 4.78 is 0. The van der Waals surface area contributed by atoms with E-state index < -0.39 is 0 Å². The smallest absolute Gasteiger partial charge is 0.244 e. The van der Waals surface area contributed by atoms with Gasteiger partial charge in [-0.1, -0.05) is 30.3 Å². The zero-order valence-electron chi connectivity index (χ0n) is 14.5. The summed E-state index contributed by atoms with van der Waals surface area (Å²) in [5.41, 5.74) is 0.921. The van der Waals surface area contributed by atoms with Gasteiger partial charge in [-0.05, 0) is 31.4 Å². The number of carbonyl (C=O) groups is 3. The minimum Gasteiger partial charge on any atom is -0.356 e. The van der Waals surface area contributed by atoms with Gasteiger partial charge < -0.3 is 15.5 Å². The van der Waals surface area contributed by atoms with Crippen molar-refractivity contribution in [1.29, 1.82) is 0 Å². The summed E-state index contributed by atoms with van der Waals surface area (Å²) in [6.45, 7) is 3.46. The zero-order valence-corrected chi connectivity index (χ0v) is 14.5. The SMILES string of the molecule is CCNC(=O)C1CCCN(C(=O)CNC(=O)/C=C/c2ccccc2)C1. The molecule has 1 unspecified atom stereocenters. The first-order valence-corrected chi connectivity index (χ1v) is 8.66. The normalized spacial score (nSPS) is 17.3. The van der Waals surface area contributed by atoms with Crippen molar-refractivity contribution in [1.82, 2.24) is 15.5 Å². The summed E-state index contributed by atoms with van der Waals surface area (Å²) in [5.74, 6) is -0.633. The Kier molecular flexibility index (Phi) is 7.19. The summed E-state index contributed by atoms with van der Waals surface area (Å²) in [6, 6.07) is 9.47. The molecule has 2 N–H and O–H groups in total. The third-order valence-corrected chi connectivity index (χ3v) is 4.14. The van der Waals surface area contributed by atoms with Crippen LogP contribution in [0.15, 0.2) is 36.4 Å². The van der Waals surface area contributed by atoms with Gasteiger partial charge in [0.25, 0.3) is 0 Å². The van der Waals surface area contributed by atoms with E-state index in [1.165, 1.54) is 6.08 Å². The number of likely N-dealkylation sites (tertiary alicyclic amines) is 1. The molecule has 1 aromatic rings. The van der Waals surface area contributed by atoms with Gasteiger partial charge in [0, 0.05) is 25.7 Å². The van der Waals surface area contributed by atoms with E-state index in [1.54, 1.807) is 11.0 Å². The van der Waals surface area contributed by atoms with Crippen LogP contribution in [0.25, 0.3) is 6.08 Å². The molecule has 0 bridgehead atoms. The second kappa shape index (κ2) is 9.61. The summed E-state index contributed by atoms with van der Waals surface area (Å²) in [5, 5.41) is 5.40. The van der Waals surface area contributed by atoms with Crippen LogP contribution < -0.4 is 10.6 Å². The van der Waals surface area contributed by atoms with E-state index in [1.807, 2.05) is 37.3 Å². The third kappa shape index (κ3) is 6.06. The number of nitrogens with zero attached hydrogens (tertiary/aromatic N) is 1. The van der Waals surface area contributed by atoms with E-state index in [0.29, 0.717) is 19.6 Å². The highest BCUT2D eigenvalue weighted by atomic mass is 16.2. The maximum Gasteiger partial charge on any atom is 0.244 e. The van der Waals surface area contributed by atoms with Crippen molar-refractivity contribution in [3.05, 3.63) is 42.0 Å². The molecule has 1 fully saturated rings. The molecule has 1 saturated heterocycles. The van der Waals surface area contributed by atoms with Gasteiger partial charge in [-0.25, -0.2) is 0 Å². The predicted molar refractivity (Wildman–Crippen MR) is 96.5 cm³/mol.